The molecule has 1 amide bonds. The van der Waals surface area contributed by atoms with Crippen LogP contribution in [0.5, 0.6) is 11.6 Å². The Kier molecular flexibility index (Phi) is 6.39. The molecule has 2 N–H and O–H groups in total. The van der Waals surface area contributed by atoms with Crippen molar-refractivity contribution in [2.24, 2.45) is 5.73 Å². The summed E-state index contributed by atoms with van der Waals surface area (Å²) in [5.74, 6) is 1.43. The van der Waals surface area contributed by atoms with Gasteiger partial charge in [-0.25, -0.2) is 15.0 Å². The zero-order chi connectivity index (χ0) is 22.5. The van der Waals surface area contributed by atoms with Crippen molar-refractivity contribution in [1.82, 2.24) is 25.1 Å². The second-order valence-electron chi connectivity index (χ2n) is 7.56. The minimum atomic E-state index is -0.601. The molecule has 4 heterocycles. The lowest BCUT2D eigenvalue weighted by Gasteiger charge is -2.33. The zero-order valence-corrected chi connectivity index (χ0v) is 18.1. The van der Waals surface area contributed by atoms with E-state index < -0.39 is 5.91 Å². The molecule has 0 bridgehead atoms. The van der Waals surface area contributed by atoms with Gasteiger partial charge in [0, 0.05) is 50.3 Å². The molecule has 10 heteroatoms. The molecule has 1 aliphatic rings. The van der Waals surface area contributed by atoms with Crippen LogP contribution in [0.4, 0.5) is 5.82 Å². The smallest absolute Gasteiger partial charge is 0.269 e. The summed E-state index contributed by atoms with van der Waals surface area (Å²) in [7, 11) is 1.58. The Hall–Kier alpha value is -3.82. The van der Waals surface area contributed by atoms with Crippen LogP contribution in [0.3, 0.4) is 0 Å². The van der Waals surface area contributed by atoms with Crippen molar-refractivity contribution in [1.29, 1.82) is 0 Å². The average Bonchev–Trinajstić information content (AvgIpc) is 2.82. The van der Waals surface area contributed by atoms with Gasteiger partial charge in [0.2, 0.25) is 5.88 Å². The molecule has 3 aromatic heterocycles. The van der Waals surface area contributed by atoms with Crippen LogP contribution in [0.1, 0.15) is 40.2 Å². The number of rotatable bonds is 7. The summed E-state index contributed by atoms with van der Waals surface area (Å²) >= 11 is 0. The maximum absolute atomic E-state index is 12.0. The number of hydrogen-bond acceptors (Lipinski definition) is 9. The van der Waals surface area contributed by atoms with Gasteiger partial charge in [0.1, 0.15) is 18.2 Å². The first-order valence-corrected chi connectivity index (χ1v) is 10.4. The number of methoxy groups -OCH3 is 1. The third-order valence-corrected chi connectivity index (χ3v) is 5.52. The molecule has 3 aromatic rings. The quantitative estimate of drug-likeness (QED) is 0.589. The molecule has 10 nitrogen and oxygen atoms in total. The SMILES string of the molecule is COc1ccc(OC2CCN(c3nnc(C(N)=O)c(Cc4ccncn4)c3C)CC2)cn1. The summed E-state index contributed by atoms with van der Waals surface area (Å²) in [5, 5.41) is 8.48. The zero-order valence-electron chi connectivity index (χ0n) is 18.1. The Morgan fingerprint density at radius 1 is 1.19 bits per heavy atom. The van der Waals surface area contributed by atoms with Gasteiger partial charge < -0.3 is 20.1 Å². The van der Waals surface area contributed by atoms with Crippen LogP contribution >= 0.6 is 0 Å². The normalized spacial score (nSPS) is 14.2. The van der Waals surface area contributed by atoms with Crippen molar-refractivity contribution in [3.05, 3.63) is 59.4 Å². The summed E-state index contributed by atoms with van der Waals surface area (Å²) in [6.07, 6.45) is 6.98. The van der Waals surface area contributed by atoms with E-state index in [1.54, 1.807) is 31.6 Å². The van der Waals surface area contributed by atoms with Crippen molar-refractivity contribution >= 4 is 11.7 Å². The second kappa shape index (κ2) is 9.54. The highest BCUT2D eigenvalue weighted by atomic mass is 16.5. The van der Waals surface area contributed by atoms with Crippen LogP contribution in [-0.4, -0.2) is 57.4 Å². The van der Waals surface area contributed by atoms with Gasteiger partial charge in [-0.1, -0.05) is 0 Å². The molecule has 1 saturated heterocycles. The van der Waals surface area contributed by atoms with Crippen LogP contribution in [-0.2, 0) is 6.42 Å². The predicted molar refractivity (Wildman–Crippen MR) is 117 cm³/mol. The average molecular weight is 435 g/mol. The molecule has 4 rings (SSSR count). The summed E-state index contributed by atoms with van der Waals surface area (Å²) in [6.45, 7) is 3.46. The fraction of sp³-hybridized carbons (Fsp3) is 0.364. The van der Waals surface area contributed by atoms with Crippen LogP contribution in [0.2, 0.25) is 0 Å². The minimum absolute atomic E-state index is 0.0834. The van der Waals surface area contributed by atoms with Crippen LogP contribution in [0.25, 0.3) is 0 Å². The van der Waals surface area contributed by atoms with E-state index in [9.17, 15) is 4.79 Å². The topological polar surface area (TPSA) is 129 Å². The fourth-order valence-electron chi connectivity index (χ4n) is 3.80. The summed E-state index contributed by atoms with van der Waals surface area (Å²) in [4.78, 5) is 26.5. The van der Waals surface area contributed by atoms with Gasteiger partial charge in [-0.2, -0.15) is 0 Å². The van der Waals surface area contributed by atoms with Crippen molar-refractivity contribution in [3.8, 4) is 11.6 Å². The Bertz CT molecular complexity index is 1070. The van der Waals surface area contributed by atoms with Gasteiger partial charge in [0.25, 0.3) is 5.91 Å². The van der Waals surface area contributed by atoms with Crippen molar-refractivity contribution in [3.63, 3.8) is 0 Å². The van der Waals surface area contributed by atoms with Crippen molar-refractivity contribution in [2.45, 2.75) is 32.3 Å². The molecule has 1 aliphatic heterocycles. The molecule has 0 saturated carbocycles. The van der Waals surface area contributed by atoms with Gasteiger partial charge >= 0.3 is 0 Å². The Labute approximate surface area is 185 Å². The van der Waals surface area contributed by atoms with Gasteiger partial charge in [-0.05, 0) is 30.2 Å². The van der Waals surface area contributed by atoms with Gasteiger partial charge in [-0.15, -0.1) is 10.2 Å². The first-order chi connectivity index (χ1) is 15.5. The van der Waals surface area contributed by atoms with E-state index in [-0.39, 0.29) is 11.8 Å². The number of anilines is 1. The maximum Gasteiger partial charge on any atom is 0.269 e. The number of nitrogens with two attached hydrogens (primary N) is 1. The monoisotopic (exact) mass is 435 g/mol. The molecule has 166 valence electrons. The Morgan fingerprint density at radius 3 is 2.62 bits per heavy atom. The number of ether oxygens (including phenoxy) is 2. The van der Waals surface area contributed by atoms with Gasteiger partial charge in [-0.3, -0.25) is 4.79 Å². The third kappa shape index (κ3) is 4.74. The lowest BCUT2D eigenvalue weighted by atomic mass is 10.0. The highest BCUT2D eigenvalue weighted by molar-refractivity contribution is 5.93. The van der Waals surface area contributed by atoms with Gasteiger partial charge in [0.15, 0.2) is 11.5 Å². The maximum atomic E-state index is 12.0. The van der Waals surface area contributed by atoms with Gasteiger partial charge in [0.05, 0.1) is 13.3 Å². The van der Waals surface area contributed by atoms with E-state index in [1.807, 2.05) is 13.0 Å². The largest absolute Gasteiger partial charge is 0.489 e. The van der Waals surface area contributed by atoms with Crippen LogP contribution in [0, 0.1) is 6.92 Å². The molecule has 1 fully saturated rings. The van der Waals surface area contributed by atoms with Crippen molar-refractivity contribution in [2.75, 3.05) is 25.1 Å². The molecule has 0 unspecified atom stereocenters. The minimum Gasteiger partial charge on any atom is -0.489 e. The van der Waals surface area contributed by atoms with Crippen molar-refractivity contribution < 1.29 is 14.3 Å². The Balaban J connectivity index is 1.48. The lowest BCUT2D eigenvalue weighted by Crippen LogP contribution is -2.39. The molecule has 0 aliphatic carbocycles. The molecular formula is C22H25N7O3. The number of amides is 1. The first-order valence-electron chi connectivity index (χ1n) is 10.4. The van der Waals surface area contributed by atoms with E-state index in [0.717, 1.165) is 54.3 Å². The van der Waals surface area contributed by atoms with E-state index in [2.05, 4.69) is 30.0 Å². The van der Waals surface area contributed by atoms with E-state index in [4.69, 9.17) is 15.2 Å². The first kappa shape index (κ1) is 21.4. The van der Waals surface area contributed by atoms with E-state index in [1.165, 1.54) is 6.33 Å². The molecule has 0 atom stereocenters. The highest BCUT2D eigenvalue weighted by Gasteiger charge is 2.26. The van der Waals surface area contributed by atoms with Crippen LogP contribution < -0.4 is 20.1 Å². The highest BCUT2D eigenvalue weighted by Crippen LogP contribution is 2.27. The van der Waals surface area contributed by atoms with Crippen LogP contribution in [0.15, 0.2) is 36.9 Å². The molecule has 0 radical (unpaired) electrons. The molecule has 0 spiro atoms. The summed E-state index contributed by atoms with van der Waals surface area (Å²) in [5.41, 5.74) is 8.14. The lowest BCUT2D eigenvalue weighted by molar-refractivity contribution is 0.0993. The number of aromatic nitrogens is 5. The van der Waals surface area contributed by atoms with E-state index in [0.29, 0.717) is 12.3 Å². The molecule has 32 heavy (non-hydrogen) atoms. The number of nitrogens with zero attached hydrogens (tertiary/aromatic N) is 6. The fourth-order valence-corrected chi connectivity index (χ4v) is 3.80. The van der Waals surface area contributed by atoms with E-state index >= 15 is 0 Å². The Morgan fingerprint density at radius 2 is 2.00 bits per heavy atom. The molecular weight excluding hydrogens is 410 g/mol. The summed E-state index contributed by atoms with van der Waals surface area (Å²) in [6, 6.07) is 5.44. The number of carbonyl (C=O) groups is 1. The number of piperidine rings is 1. The standard InChI is InChI=1S/C22H25N7O3/c1-14-18(11-15-5-8-24-13-26-15)20(21(23)30)27-28-22(14)29-9-6-16(7-10-29)32-17-3-4-19(31-2)25-12-17/h3-5,8,12-13,16H,6-7,9-11H2,1-2H3,(H2,23,30). The number of pyridine rings is 1. The number of carbonyl (C=O) groups excluding carboxylic acids is 1. The summed E-state index contributed by atoms with van der Waals surface area (Å²) < 4.78 is 11.1. The third-order valence-electron chi connectivity index (χ3n) is 5.52. The second-order valence-corrected chi connectivity index (χ2v) is 7.56. The molecule has 0 aromatic carbocycles. The number of primary amides is 1. The number of hydrogen-bond donors (Lipinski definition) is 1. The predicted octanol–water partition coefficient (Wildman–Crippen LogP) is 1.72.